The van der Waals surface area contributed by atoms with Crippen molar-refractivity contribution < 1.29 is 36.6 Å². The number of hydrogen-bond donors (Lipinski definition) is 3. The number of aromatic nitrogens is 2. The number of nitrogens with one attached hydrogen (secondary N) is 1. The van der Waals surface area contributed by atoms with Crippen molar-refractivity contribution in [2.75, 3.05) is 13.7 Å². The first-order chi connectivity index (χ1) is 17.2. The van der Waals surface area contributed by atoms with E-state index in [1.54, 1.807) is 0 Å². The fourth-order valence-corrected chi connectivity index (χ4v) is 3.64. The molecule has 0 aliphatic heterocycles. The number of pyridine rings is 1. The second-order valence-electron chi connectivity index (χ2n) is 7.66. The molecule has 2 heterocycles. The van der Waals surface area contributed by atoms with Gasteiger partial charge in [0.1, 0.15) is 22.8 Å². The van der Waals surface area contributed by atoms with Gasteiger partial charge in [-0.05, 0) is 42.0 Å². The zero-order valence-corrected chi connectivity index (χ0v) is 18.8. The summed E-state index contributed by atoms with van der Waals surface area (Å²) in [5, 5.41) is 12.6. The van der Waals surface area contributed by atoms with Gasteiger partial charge in [-0.2, -0.15) is 13.2 Å². The van der Waals surface area contributed by atoms with Crippen molar-refractivity contribution in [2.24, 2.45) is 5.73 Å². The molecule has 2 aromatic carbocycles. The lowest BCUT2D eigenvalue weighted by atomic mass is 10.1. The standard InChI is InChI=1S/C24H20F4N4O4/c1-35-17-8-6-15(14-7-9-19(24(26,27)28)31-20(14)17)23-32-21(18(10-29)36-23)22(34)30-16(11-33)12-2-4-13(25)5-3-12/h2-9,16,33H,10-11,29H2,1H3,(H,30,34)/t16-/m0/s1. The van der Waals surface area contributed by atoms with E-state index < -0.39 is 36.2 Å². The number of aliphatic hydroxyl groups is 1. The Morgan fingerprint density at radius 2 is 1.86 bits per heavy atom. The van der Waals surface area contributed by atoms with Crippen LogP contribution in [-0.4, -0.2) is 34.7 Å². The van der Waals surface area contributed by atoms with E-state index in [-0.39, 0.29) is 46.1 Å². The topological polar surface area (TPSA) is 124 Å². The number of carbonyl (C=O) groups is 1. The summed E-state index contributed by atoms with van der Waals surface area (Å²) in [5.41, 5.74) is 5.11. The summed E-state index contributed by atoms with van der Waals surface area (Å²) in [6.45, 7) is -0.684. The summed E-state index contributed by atoms with van der Waals surface area (Å²) in [4.78, 5) is 20.9. The number of carbonyl (C=O) groups excluding carboxylic acids is 1. The first kappa shape index (κ1) is 25.1. The maximum atomic E-state index is 13.2. The number of fused-ring (bicyclic) bond motifs is 1. The van der Waals surface area contributed by atoms with Gasteiger partial charge in [0.25, 0.3) is 5.91 Å². The minimum Gasteiger partial charge on any atom is -0.494 e. The van der Waals surface area contributed by atoms with Gasteiger partial charge in [-0.25, -0.2) is 14.4 Å². The number of oxazole rings is 1. The minimum absolute atomic E-state index is 0.0159. The molecule has 12 heteroatoms. The average molecular weight is 504 g/mol. The van der Waals surface area contributed by atoms with E-state index in [1.807, 2.05) is 0 Å². The molecular formula is C24H20F4N4O4. The highest BCUT2D eigenvalue weighted by Gasteiger charge is 2.33. The largest absolute Gasteiger partial charge is 0.494 e. The van der Waals surface area contributed by atoms with E-state index in [2.05, 4.69) is 15.3 Å². The molecule has 8 nitrogen and oxygen atoms in total. The van der Waals surface area contributed by atoms with Gasteiger partial charge in [0.15, 0.2) is 11.5 Å². The number of hydrogen-bond acceptors (Lipinski definition) is 7. The number of nitrogens with two attached hydrogens (primary N) is 1. The van der Waals surface area contributed by atoms with Gasteiger partial charge in [0, 0.05) is 10.9 Å². The molecule has 0 aliphatic carbocycles. The first-order valence-electron chi connectivity index (χ1n) is 10.6. The van der Waals surface area contributed by atoms with Crippen molar-refractivity contribution in [2.45, 2.75) is 18.8 Å². The van der Waals surface area contributed by atoms with Crippen LogP contribution in [-0.2, 0) is 12.7 Å². The molecule has 4 aromatic rings. The Morgan fingerprint density at radius 3 is 2.47 bits per heavy atom. The van der Waals surface area contributed by atoms with Crippen LogP contribution in [0.25, 0.3) is 22.4 Å². The molecule has 188 valence electrons. The Kier molecular flexibility index (Phi) is 6.91. The van der Waals surface area contributed by atoms with Gasteiger partial charge < -0.3 is 25.3 Å². The number of benzene rings is 2. The van der Waals surface area contributed by atoms with Crippen molar-refractivity contribution in [3.63, 3.8) is 0 Å². The lowest BCUT2D eigenvalue weighted by Crippen LogP contribution is -2.31. The molecule has 0 saturated heterocycles. The van der Waals surface area contributed by atoms with Crippen molar-refractivity contribution in [1.29, 1.82) is 0 Å². The molecular weight excluding hydrogens is 484 g/mol. The van der Waals surface area contributed by atoms with Crippen LogP contribution in [0.5, 0.6) is 5.75 Å². The maximum absolute atomic E-state index is 13.2. The monoisotopic (exact) mass is 504 g/mol. The molecule has 0 bridgehead atoms. The van der Waals surface area contributed by atoms with Gasteiger partial charge in [-0.1, -0.05) is 12.1 Å². The number of halogens is 4. The molecule has 1 atom stereocenters. The number of aliphatic hydroxyl groups excluding tert-OH is 1. The molecule has 0 aliphatic rings. The Morgan fingerprint density at radius 1 is 1.14 bits per heavy atom. The fraction of sp³-hybridized carbons (Fsp3) is 0.208. The summed E-state index contributed by atoms with van der Waals surface area (Å²) >= 11 is 0. The van der Waals surface area contributed by atoms with Crippen LogP contribution in [0, 0.1) is 5.82 Å². The maximum Gasteiger partial charge on any atom is 0.433 e. The summed E-state index contributed by atoms with van der Waals surface area (Å²) in [6.07, 6.45) is -4.66. The second kappa shape index (κ2) is 9.91. The van der Waals surface area contributed by atoms with Gasteiger partial charge in [-0.3, -0.25) is 4.79 Å². The average Bonchev–Trinajstić information content (AvgIpc) is 3.30. The number of alkyl halides is 3. The van der Waals surface area contributed by atoms with Crippen LogP contribution in [0.1, 0.15) is 33.5 Å². The lowest BCUT2D eigenvalue weighted by molar-refractivity contribution is -0.140. The van der Waals surface area contributed by atoms with E-state index >= 15 is 0 Å². The fourth-order valence-electron chi connectivity index (χ4n) is 3.64. The predicted molar refractivity (Wildman–Crippen MR) is 120 cm³/mol. The number of ether oxygens (including phenoxy) is 1. The summed E-state index contributed by atoms with van der Waals surface area (Å²) in [7, 11) is 1.30. The van der Waals surface area contributed by atoms with Crippen molar-refractivity contribution in [1.82, 2.24) is 15.3 Å². The van der Waals surface area contributed by atoms with Gasteiger partial charge in [0.2, 0.25) is 5.89 Å². The minimum atomic E-state index is -4.66. The summed E-state index contributed by atoms with van der Waals surface area (Å²) in [6, 6.07) is 9.31. The van der Waals surface area contributed by atoms with Crippen molar-refractivity contribution >= 4 is 16.8 Å². The predicted octanol–water partition coefficient (Wildman–Crippen LogP) is 3.98. The highest BCUT2D eigenvalue weighted by molar-refractivity contribution is 5.98. The molecule has 0 saturated carbocycles. The molecule has 36 heavy (non-hydrogen) atoms. The number of rotatable bonds is 7. The number of nitrogens with zero attached hydrogens (tertiary/aromatic N) is 2. The van der Waals surface area contributed by atoms with E-state index in [4.69, 9.17) is 14.9 Å². The summed E-state index contributed by atoms with van der Waals surface area (Å²) in [5.74, 6) is -1.14. The van der Waals surface area contributed by atoms with Gasteiger partial charge >= 0.3 is 6.18 Å². The molecule has 4 rings (SSSR count). The lowest BCUT2D eigenvalue weighted by Gasteiger charge is -2.16. The Hall–Kier alpha value is -4.03. The molecule has 0 fully saturated rings. The molecule has 2 aromatic heterocycles. The Balaban J connectivity index is 1.73. The van der Waals surface area contributed by atoms with E-state index in [0.29, 0.717) is 5.56 Å². The van der Waals surface area contributed by atoms with Crippen molar-refractivity contribution in [3.05, 3.63) is 77.1 Å². The molecule has 4 N–H and O–H groups in total. The third kappa shape index (κ3) is 4.86. The van der Waals surface area contributed by atoms with Crippen LogP contribution in [0.15, 0.2) is 52.9 Å². The number of amides is 1. The van der Waals surface area contributed by atoms with Crippen LogP contribution in [0.3, 0.4) is 0 Å². The summed E-state index contributed by atoms with van der Waals surface area (Å²) < 4.78 is 63.7. The Labute approximate surface area is 201 Å². The second-order valence-corrected chi connectivity index (χ2v) is 7.66. The van der Waals surface area contributed by atoms with E-state index in [0.717, 1.165) is 6.07 Å². The smallest absolute Gasteiger partial charge is 0.433 e. The normalized spacial score (nSPS) is 12.5. The van der Waals surface area contributed by atoms with E-state index in [9.17, 15) is 27.5 Å². The third-order valence-electron chi connectivity index (χ3n) is 5.42. The highest BCUT2D eigenvalue weighted by atomic mass is 19.4. The molecule has 1 amide bonds. The van der Waals surface area contributed by atoms with Crippen LogP contribution in [0.2, 0.25) is 0 Å². The van der Waals surface area contributed by atoms with Crippen LogP contribution >= 0.6 is 0 Å². The third-order valence-corrected chi connectivity index (χ3v) is 5.42. The molecule has 0 radical (unpaired) electrons. The van der Waals surface area contributed by atoms with Crippen LogP contribution in [0.4, 0.5) is 17.6 Å². The Bertz CT molecular complexity index is 1400. The van der Waals surface area contributed by atoms with Crippen LogP contribution < -0.4 is 15.8 Å². The van der Waals surface area contributed by atoms with Gasteiger partial charge in [0.05, 0.1) is 26.3 Å². The highest BCUT2D eigenvalue weighted by Crippen LogP contribution is 2.37. The SMILES string of the molecule is COc1ccc(-c2nc(C(=O)N[C@@H](CO)c3ccc(F)cc3)c(CN)o2)c2ccc(C(F)(F)F)nc12. The zero-order valence-electron chi connectivity index (χ0n) is 18.8. The molecule has 0 unspecified atom stereocenters. The quantitative estimate of drug-likeness (QED) is 0.325. The van der Waals surface area contributed by atoms with Gasteiger partial charge in [-0.15, -0.1) is 0 Å². The van der Waals surface area contributed by atoms with Crippen molar-refractivity contribution in [3.8, 4) is 17.2 Å². The zero-order chi connectivity index (χ0) is 26.0. The number of methoxy groups -OCH3 is 1. The van der Waals surface area contributed by atoms with E-state index in [1.165, 1.54) is 49.6 Å². The molecule has 0 spiro atoms. The first-order valence-corrected chi connectivity index (χ1v) is 10.6.